The Labute approximate surface area is 105 Å². The van der Waals surface area contributed by atoms with Crippen molar-refractivity contribution in [2.45, 2.75) is 65.7 Å². The van der Waals surface area contributed by atoms with Crippen LogP contribution < -0.4 is 11.3 Å². The van der Waals surface area contributed by atoms with Crippen molar-refractivity contribution in [2.75, 3.05) is 0 Å². The number of hydrogen-bond acceptors (Lipinski definition) is 3. The molecule has 0 spiro atoms. The zero-order chi connectivity index (χ0) is 13.5. The molecule has 0 aliphatic carbocycles. The van der Waals surface area contributed by atoms with Crippen LogP contribution in [0.4, 0.5) is 0 Å². The molecule has 4 nitrogen and oxygen atoms in total. The topological polar surface area (TPSA) is 72.2 Å². The highest BCUT2D eigenvalue weighted by atomic mass is 16.2. The van der Waals surface area contributed by atoms with Crippen LogP contribution in [-0.2, 0) is 9.59 Å². The largest absolute Gasteiger partial charge is 0.303 e. The lowest BCUT2D eigenvalue weighted by Crippen LogP contribution is -2.29. The molecule has 1 amide bonds. The number of amides is 1. The average molecular weight is 244 g/mol. The summed E-state index contributed by atoms with van der Waals surface area (Å²) in [6.45, 7) is 6.22. The number of carbonyl (C=O) groups excluding carboxylic acids is 2. The summed E-state index contributed by atoms with van der Waals surface area (Å²) in [6, 6.07) is 0. The fourth-order valence-corrected chi connectivity index (χ4v) is 1.15. The molecule has 0 bridgehead atoms. The Hall–Kier alpha value is -0.900. The van der Waals surface area contributed by atoms with E-state index >= 15 is 0 Å². The van der Waals surface area contributed by atoms with Gasteiger partial charge in [-0.15, -0.1) is 0 Å². The van der Waals surface area contributed by atoms with Gasteiger partial charge in [0.15, 0.2) is 0 Å². The van der Waals surface area contributed by atoms with Crippen LogP contribution in [0.3, 0.4) is 0 Å². The molecule has 0 aromatic rings. The van der Waals surface area contributed by atoms with Crippen LogP contribution in [0.5, 0.6) is 0 Å². The molecule has 0 aromatic heterocycles. The van der Waals surface area contributed by atoms with Gasteiger partial charge in [0.25, 0.3) is 0 Å². The Balaban J connectivity index is 0. The summed E-state index contributed by atoms with van der Waals surface area (Å²) in [5, 5.41) is 0. The van der Waals surface area contributed by atoms with E-state index < -0.39 is 0 Å². The zero-order valence-electron chi connectivity index (χ0n) is 11.5. The summed E-state index contributed by atoms with van der Waals surface area (Å²) < 4.78 is 0. The number of unbranched alkanes of at least 4 members (excludes halogenated alkanes) is 4. The molecule has 0 aromatic carbocycles. The second-order valence-electron chi connectivity index (χ2n) is 4.53. The number of aldehydes is 1. The second kappa shape index (κ2) is 15.1. The Bertz CT molecular complexity index is 182. The van der Waals surface area contributed by atoms with Gasteiger partial charge in [0.1, 0.15) is 6.29 Å². The fraction of sp³-hybridized carbons (Fsp3) is 0.846. The van der Waals surface area contributed by atoms with Gasteiger partial charge in [-0.2, -0.15) is 0 Å². The third-order valence-electron chi connectivity index (χ3n) is 2.24. The lowest BCUT2D eigenvalue weighted by atomic mass is 10.1. The second-order valence-corrected chi connectivity index (χ2v) is 4.53. The van der Waals surface area contributed by atoms with Crippen molar-refractivity contribution in [3.63, 3.8) is 0 Å². The van der Waals surface area contributed by atoms with E-state index in [1.165, 1.54) is 19.3 Å². The van der Waals surface area contributed by atoms with E-state index in [-0.39, 0.29) is 5.91 Å². The van der Waals surface area contributed by atoms with Crippen molar-refractivity contribution < 1.29 is 9.59 Å². The van der Waals surface area contributed by atoms with Gasteiger partial charge in [-0.05, 0) is 12.3 Å². The minimum absolute atomic E-state index is 0.0542. The zero-order valence-corrected chi connectivity index (χ0v) is 11.5. The summed E-state index contributed by atoms with van der Waals surface area (Å²) in [5.74, 6) is 5.39. The normalized spacial score (nSPS) is 9.47. The van der Waals surface area contributed by atoms with Crippen molar-refractivity contribution in [3.05, 3.63) is 0 Å². The van der Waals surface area contributed by atoms with E-state index in [2.05, 4.69) is 12.3 Å². The maximum atomic E-state index is 10.6. The SMILES string of the molecule is CC(C)CC=O.CCCCCCCC(=O)NN. The summed E-state index contributed by atoms with van der Waals surface area (Å²) in [4.78, 5) is 20.2. The van der Waals surface area contributed by atoms with Crippen LogP contribution in [0.1, 0.15) is 65.7 Å². The van der Waals surface area contributed by atoms with E-state index in [1.54, 1.807) is 0 Å². The van der Waals surface area contributed by atoms with Gasteiger partial charge in [0.2, 0.25) is 5.91 Å². The minimum Gasteiger partial charge on any atom is -0.303 e. The first-order valence-electron chi connectivity index (χ1n) is 6.51. The molecule has 0 saturated heterocycles. The van der Waals surface area contributed by atoms with Gasteiger partial charge in [0, 0.05) is 12.8 Å². The third kappa shape index (κ3) is 21.0. The summed E-state index contributed by atoms with van der Waals surface area (Å²) >= 11 is 0. The van der Waals surface area contributed by atoms with Gasteiger partial charge in [-0.1, -0.05) is 46.5 Å². The molecule has 3 N–H and O–H groups in total. The van der Waals surface area contributed by atoms with Gasteiger partial charge in [-0.25, -0.2) is 5.84 Å². The van der Waals surface area contributed by atoms with E-state index in [9.17, 15) is 9.59 Å². The molecule has 0 aliphatic heterocycles. The van der Waals surface area contributed by atoms with Crippen LogP contribution in [0.25, 0.3) is 0 Å². The molecular weight excluding hydrogens is 216 g/mol. The van der Waals surface area contributed by atoms with Crippen LogP contribution in [-0.4, -0.2) is 12.2 Å². The first-order chi connectivity index (χ1) is 8.08. The van der Waals surface area contributed by atoms with E-state index in [1.807, 2.05) is 13.8 Å². The highest BCUT2D eigenvalue weighted by molar-refractivity contribution is 5.74. The Kier molecular flexibility index (Phi) is 16.4. The number of rotatable bonds is 8. The lowest BCUT2D eigenvalue weighted by molar-refractivity contribution is -0.121. The van der Waals surface area contributed by atoms with Crippen LogP contribution in [0.15, 0.2) is 0 Å². The monoisotopic (exact) mass is 244 g/mol. The summed E-state index contributed by atoms with van der Waals surface area (Å²) in [7, 11) is 0. The highest BCUT2D eigenvalue weighted by Crippen LogP contribution is 2.04. The van der Waals surface area contributed by atoms with E-state index in [0.29, 0.717) is 18.8 Å². The van der Waals surface area contributed by atoms with Crippen LogP contribution in [0, 0.1) is 5.92 Å². The van der Waals surface area contributed by atoms with Gasteiger partial charge < -0.3 is 4.79 Å². The maximum Gasteiger partial charge on any atom is 0.233 e. The first kappa shape index (κ1) is 18.5. The number of nitrogens with one attached hydrogen (secondary N) is 1. The molecule has 4 heteroatoms. The third-order valence-corrected chi connectivity index (χ3v) is 2.24. The maximum absolute atomic E-state index is 10.6. The summed E-state index contributed by atoms with van der Waals surface area (Å²) in [5.41, 5.74) is 2.12. The van der Waals surface area contributed by atoms with Crippen LogP contribution in [0.2, 0.25) is 0 Å². The van der Waals surface area contributed by atoms with Crippen molar-refractivity contribution in [1.82, 2.24) is 5.43 Å². The Morgan fingerprint density at radius 1 is 1.24 bits per heavy atom. The predicted octanol–water partition coefficient (Wildman–Crippen LogP) is 2.57. The fourth-order valence-electron chi connectivity index (χ4n) is 1.15. The van der Waals surface area contributed by atoms with Crippen molar-refractivity contribution in [2.24, 2.45) is 11.8 Å². The van der Waals surface area contributed by atoms with Gasteiger partial charge in [-0.3, -0.25) is 10.2 Å². The molecular formula is C13H28N2O2. The molecule has 0 atom stereocenters. The average Bonchev–Trinajstić information content (AvgIpc) is 2.29. The smallest absolute Gasteiger partial charge is 0.233 e. The first-order valence-corrected chi connectivity index (χ1v) is 6.51. The summed E-state index contributed by atoms with van der Waals surface area (Å²) in [6.07, 6.45) is 8.05. The molecule has 0 heterocycles. The molecule has 0 rings (SSSR count). The molecule has 0 saturated carbocycles. The number of hydrogen-bond donors (Lipinski definition) is 2. The highest BCUT2D eigenvalue weighted by Gasteiger charge is 1.96. The predicted molar refractivity (Wildman–Crippen MR) is 71.2 cm³/mol. The Morgan fingerprint density at radius 2 is 1.82 bits per heavy atom. The lowest BCUT2D eigenvalue weighted by Gasteiger charge is -1.98. The molecule has 17 heavy (non-hydrogen) atoms. The Morgan fingerprint density at radius 3 is 2.18 bits per heavy atom. The van der Waals surface area contributed by atoms with Gasteiger partial charge >= 0.3 is 0 Å². The van der Waals surface area contributed by atoms with E-state index in [4.69, 9.17) is 5.84 Å². The quantitative estimate of drug-likeness (QED) is 0.227. The molecule has 0 fully saturated rings. The number of nitrogens with two attached hydrogens (primary N) is 1. The molecule has 0 aliphatic rings. The number of hydrazine groups is 1. The number of carbonyl (C=O) groups is 2. The standard InChI is InChI=1S/C8H18N2O.C5H10O/c1-2-3-4-5-6-7-8(11)10-9;1-5(2)3-4-6/h2-7,9H2,1H3,(H,10,11);4-5H,3H2,1-2H3. The van der Waals surface area contributed by atoms with Gasteiger partial charge in [0.05, 0.1) is 0 Å². The van der Waals surface area contributed by atoms with Crippen molar-refractivity contribution in [3.8, 4) is 0 Å². The van der Waals surface area contributed by atoms with Crippen molar-refractivity contribution in [1.29, 1.82) is 0 Å². The minimum atomic E-state index is -0.0542. The van der Waals surface area contributed by atoms with Crippen molar-refractivity contribution >= 4 is 12.2 Å². The van der Waals surface area contributed by atoms with Crippen LogP contribution >= 0.6 is 0 Å². The molecule has 0 unspecified atom stereocenters. The van der Waals surface area contributed by atoms with E-state index in [0.717, 1.165) is 19.1 Å². The molecule has 0 radical (unpaired) electrons. The molecule has 102 valence electrons.